The second-order valence-corrected chi connectivity index (χ2v) is 5.38. The zero-order valence-corrected chi connectivity index (χ0v) is 10.1. The Labute approximate surface area is 96.3 Å². The fourth-order valence-corrected chi connectivity index (χ4v) is 1.86. The molecule has 0 atom stereocenters. The largest absolute Gasteiger partial charge is 0.310 e. The first-order valence-electron chi connectivity index (χ1n) is 5.76. The fraction of sp³-hybridized carbons (Fsp3) is 0.538. The number of aryl methyl sites for hydroxylation is 1. The number of nitrogens with zero attached hydrogens (tertiary/aromatic N) is 1. The molecule has 0 spiro atoms. The van der Waals surface area contributed by atoms with E-state index in [-0.39, 0.29) is 11.3 Å². The van der Waals surface area contributed by atoms with Crippen LogP contribution in [0.5, 0.6) is 0 Å². The van der Waals surface area contributed by atoms with E-state index in [4.69, 9.17) is 0 Å². The van der Waals surface area contributed by atoms with Gasteiger partial charge in [-0.05, 0) is 29.4 Å². The van der Waals surface area contributed by atoms with E-state index in [1.165, 1.54) is 11.1 Å². The van der Waals surface area contributed by atoms with Crippen LogP contribution >= 0.6 is 0 Å². The number of anilines is 1. The first-order chi connectivity index (χ1) is 7.47. The molecule has 1 N–H and O–H groups in total. The molecule has 0 saturated carbocycles. The first-order valence-corrected chi connectivity index (χ1v) is 5.76. The van der Waals surface area contributed by atoms with Gasteiger partial charge >= 0.3 is 0 Å². The molecule has 1 aromatic rings. The van der Waals surface area contributed by atoms with Crippen LogP contribution in [0.3, 0.4) is 0 Å². The summed E-state index contributed by atoms with van der Waals surface area (Å²) < 4.78 is 0. The summed E-state index contributed by atoms with van der Waals surface area (Å²) in [5.74, 6) is 0.824. The molecule has 2 rings (SSSR count). The molecular formula is C13H18N2O. The Morgan fingerprint density at radius 2 is 2.06 bits per heavy atom. The molecule has 0 radical (unpaired) electrons. The van der Waals surface area contributed by atoms with Gasteiger partial charge in [0.1, 0.15) is 5.82 Å². The maximum Gasteiger partial charge on any atom is 0.225 e. The molecule has 1 aliphatic rings. The van der Waals surface area contributed by atoms with Crippen molar-refractivity contribution < 1.29 is 4.79 Å². The Morgan fingerprint density at radius 1 is 1.31 bits per heavy atom. The molecule has 3 nitrogen and oxygen atoms in total. The minimum absolute atomic E-state index is 0.0785. The lowest BCUT2D eigenvalue weighted by molar-refractivity contribution is -0.116. The van der Waals surface area contributed by atoms with Crippen molar-refractivity contribution in [2.75, 3.05) is 5.32 Å². The summed E-state index contributed by atoms with van der Waals surface area (Å²) in [7, 11) is 0. The van der Waals surface area contributed by atoms with Gasteiger partial charge in [0.05, 0.1) is 0 Å². The van der Waals surface area contributed by atoms with Gasteiger partial charge in [-0.15, -0.1) is 0 Å². The van der Waals surface area contributed by atoms with Crippen molar-refractivity contribution in [1.29, 1.82) is 0 Å². The number of carbonyl (C=O) groups is 1. The molecule has 16 heavy (non-hydrogen) atoms. The van der Waals surface area contributed by atoms with Crippen molar-refractivity contribution in [3.05, 3.63) is 23.4 Å². The number of amides is 1. The lowest BCUT2D eigenvalue weighted by Gasteiger charge is -2.20. The maximum absolute atomic E-state index is 11.4. The third kappa shape index (κ3) is 2.23. The quantitative estimate of drug-likeness (QED) is 0.727. The van der Waals surface area contributed by atoms with Crippen LogP contribution in [0.1, 0.15) is 44.7 Å². The van der Waals surface area contributed by atoms with Gasteiger partial charge in [-0.3, -0.25) is 4.79 Å². The minimum Gasteiger partial charge on any atom is -0.310 e. The van der Waals surface area contributed by atoms with E-state index in [1.54, 1.807) is 0 Å². The van der Waals surface area contributed by atoms with E-state index < -0.39 is 0 Å². The Hall–Kier alpha value is -1.38. The third-order valence-electron chi connectivity index (χ3n) is 2.94. The van der Waals surface area contributed by atoms with Gasteiger partial charge in [0.25, 0.3) is 0 Å². The van der Waals surface area contributed by atoms with Crippen LogP contribution in [-0.2, 0) is 16.6 Å². The third-order valence-corrected chi connectivity index (χ3v) is 2.94. The molecule has 0 bridgehead atoms. The number of hydrogen-bond donors (Lipinski definition) is 1. The SMILES string of the molecule is CC(C)(C)c1cnc2c(c1)CCCC(=O)N2. The topological polar surface area (TPSA) is 42.0 Å². The van der Waals surface area contributed by atoms with Crippen LogP contribution in [0.25, 0.3) is 0 Å². The summed E-state index contributed by atoms with van der Waals surface area (Å²) in [5.41, 5.74) is 2.50. The second kappa shape index (κ2) is 3.89. The highest BCUT2D eigenvalue weighted by atomic mass is 16.1. The van der Waals surface area contributed by atoms with Crippen molar-refractivity contribution in [2.45, 2.75) is 45.4 Å². The molecule has 0 aromatic carbocycles. The Balaban J connectivity index is 2.39. The molecule has 0 unspecified atom stereocenters. The Bertz CT molecular complexity index is 418. The van der Waals surface area contributed by atoms with E-state index in [9.17, 15) is 4.79 Å². The predicted octanol–water partition coefficient (Wildman–Crippen LogP) is 2.65. The number of rotatable bonds is 0. The van der Waals surface area contributed by atoms with E-state index in [0.29, 0.717) is 6.42 Å². The van der Waals surface area contributed by atoms with Gasteiger partial charge in [0.2, 0.25) is 5.91 Å². The van der Waals surface area contributed by atoms with E-state index in [0.717, 1.165) is 18.7 Å². The van der Waals surface area contributed by atoms with E-state index in [1.807, 2.05) is 6.20 Å². The fourth-order valence-electron chi connectivity index (χ4n) is 1.86. The zero-order chi connectivity index (χ0) is 11.8. The van der Waals surface area contributed by atoms with Crippen molar-refractivity contribution in [3.63, 3.8) is 0 Å². The monoisotopic (exact) mass is 218 g/mol. The standard InChI is InChI=1S/C13H18N2O/c1-13(2,3)10-7-9-5-4-6-11(16)15-12(9)14-8-10/h7-8H,4-6H2,1-3H3,(H,14,15,16). The maximum atomic E-state index is 11.4. The predicted molar refractivity (Wildman–Crippen MR) is 64.5 cm³/mol. The van der Waals surface area contributed by atoms with Crippen molar-refractivity contribution >= 4 is 11.7 Å². The molecule has 86 valence electrons. The number of carbonyl (C=O) groups excluding carboxylic acids is 1. The van der Waals surface area contributed by atoms with Crippen LogP contribution in [-0.4, -0.2) is 10.9 Å². The van der Waals surface area contributed by atoms with Crippen LogP contribution in [0.4, 0.5) is 5.82 Å². The van der Waals surface area contributed by atoms with E-state index >= 15 is 0 Å². The summed E-state index contributed by atoms with van der Waals surface area (Å²) in [6.07, 6.45) is 4.31. The highest BCUT2D eigenvalue weighted by molar-refractivity contribution is 5.91. The average Bonchev–Trinajstić information content (AvgIpc) is 2.35. The average molecular weight is 218 g/mol. The smallest absolute Gasteiger partial charge is 0.225 e. The number of pyridine rings is 1. The van der Waals surface area contributed by atoms with Crippen molar-refractivity contribution in [3.8, 4) is 0 Å². The number of fused-ring (bicyclic) bond motifs is 1. The lowest BCUT2D eigenvalue weighted by atomic mass is 9.87. The molecule has 0 saturated heterocycles. The summed E-state index contributed by atoms with van der Waals surface area (Å²) in [5, 5.41) is 2.85. The van der Waals surface area contributed by atoms with Crippen LogP contribution in [0, 0.1) is 0 Å². The first kappa shape index (κ1) is 11.1. The highest BCUT2D eigenvalue weighted by Crippen LogP contribution is 2.27. The second-order valence-electron chi connectivity index (χ2n) is 5.38. The van der Waals surface area contributed by atoms with Crippen LogP contribution in [0.2, 0.25) is 0 Å². The van der Waals surface area contributed by atoms with Crippen LogP contribution in [0.15, 0.2) is 12.3 Å². The van der Waals surface area contributed by atoms with Crippen molar-refractivity contribution in [1.82, 2.24) is 4.98 Å². The molecular weight excluding hydrogens is 200 g/mol. The van der Waals surface area contributed by atoms with Gasteiger partial charge in [-0.2, -0.15) is 0 Å². The molecule has 0 aliphatic carbocycles. The summed E-state index contributed by atoms with van der Waals surface area (Å²) >= 11 is 0. The summed E-state index contributed by atoms with van der Waals surface area (Å²) in [4.78, 5) is 15.7. The van der Waals surface area contributed by atoms with Crippen LogP contribution < -0.4 is 5.32 Å². The normalized spacial score (nSPS) is 16.3. The lowest BCUT2D eigenvalue weighted by Crippen LogP contribution is -2.14. The minimum atomic E-state index is 0.0785. The number of hydrogen-bond acceptors (Lipinski definition) is 2. The highest BCUT2D eigenvalue weighted by Gasteiger charge is 2.19. The van der Waals surface area contributed by atoms with E-state index in [2.05, 4.69) is 37.1 Å². The zero-order valence-electron chi connectivity index (χ0n) is 10.1. The molecule has 1 aromatic heterocycles. The van der Waals surface area contributed by atoms with Gasteiger partial charge in [0.15, 0.2) is 0 Å². The Kier molecular flexibility index (Phi) is 2.70. The Morgan fingerprint density at radius 3 is 2.75 bits per heavy atom. The van der Waals surface area contributed by atoms with Gasteiger partial charge in [-0.25, -0.2) is 4.98 Å². The molecule has 2 heterocycles. The molecule has 3 heteroatoms. The summed E-state index contributed by atoms with van der Waals surface area (Å²) in [6.45, 7) is 6.52. The van der Waals surface area contributed by atoms with Gasteiger partial charge in [0, 0.05) is 12.6 Å². The molecule has 0 fully saturated rings. The molecule has 1 aliphatic heterocycles. The van der Waals surface area contributed by atoms with Crippen molar-refractivity contribution in [2.24, 2.45) is 0 Å². The number of aromatic nitrogens is 1. The number of nitrogens with one attached hydrogen (secondary N) is 1. The summed E-state index contributed by atoms with van der Waals surface area (Å²) in [6, 6.07) is 2.17. The van der Waals surface area contributed by atoms with Gasteiger partial charge < -0.3 is 5.32 Å². The molecule has 1 amide bonds. The van der Waals surface area contributed by atoms with Gasteiger partial charge in [-0.1, -0.05) is 26.8 Å².